The molecule has 6 heteroatoms. The standard InChI is InChI=1S/C19H26N4O2/c1-12(2)23-13(3)21-16-10-14(4-5-17(16)23)11-18(24)22-8-6-15(7-9-22)19(20)25/h4-5,10,12,15H,6-9,11H2,1-3H3,(H2,20,25). The molecule has 2 heterocycles. The van der Waals surface area contributed by atoms with E-state index in [-0.39, 0.29) is 17.7 Å². The Balaban J connectivity index is 1.71. The molecule has 1 aliphatic rings. The Morgan fingerprint density at radius 2 is 1.96 bits per heavy atom. The molecule has 0 radical (unpaired) electrons. The number of rotatable bonds is 4. The third-order valence-corrected chi connectivity index (χ3v) is 5.05. The van der Waals surface area contributed by atoms with E-state index in [1.807, 2.05) is 24.0 Å². The lowest BCUT2D eigenvalue weighted by molar-refractivity contribution is -0.134. The third-order valence-electron chi connectivity index (χ3n) is 5.05. The summed E-state index contributed by atoms with van der Waals surface area (Å²) < 4.78 is 2.20. The summed E-state index contributed by atoms with van der Waals surface area (Å²) in [6.45, 7) is 7.50. The zero-order valence-electron chi connectivity index (χ0n) is 15.2. The minimum absolute atomic E-state index is 0.0941. The first-order chi connectivity index (χ1) is 11.9. The van der Waals surface area contributed by atoms with Crippen molar-refractivity contribution < 1.29 is 9.59 Å². The van der Waals surface area contributed by atoms with Crippen molar-refractivity contribution in [3.63, 3.8) is 0 Å². The van der Waals surface area contributed by atoms with E-state index in [4.69, 9.17) is 5.73 Å². The lowest BCUT2D eigenvalue weighted by Crippen LogP contribution is -2.42. The Hall–Kier alpha value is -2.37. The van der Waals surface area contributed by atoms with E-state index in [1.54, 1.807) is 0 Å². The van der Waals surface area contributed by atoms with E-state index in [1.165, 1.54) is 0 Å². The molecule has 1 saturated heterocycles. The summed E-state index contributed by atoms with van der Waals surface area (Å²) in [6.07, 6.45) is 1.70. The van der Waals surface area contributed by atoms with Gasteiger partial charge in [0.25, 0.3) is 0 Å². The van der Waals surface area contributed by atoms with Crippen LogP contribution in [0.25, 0.3) is 11.0 Å². The molecule has 3 rings (SSSR count). The second-order valence-corrected chi connectivity index (χ2v) is 7.18. The van der Waals surface area contributed by atoms with Gasteiger partial charge in [-0.1, -0.05) is 6.07 Å². The highest BCUT2D eigenvalue weighted by atomic mass is 16.2. The van der Waals surface area contributed by atoms with Crippen LogP contribution in [0.2, 0.25) is 0 Å². The lowest BCUT2D eigenvalue weighted by Gasteiger charge is -2.30. The van der Waals surface area contributed by atoms with Gasteiger partial charge in [-0.05, 0) is 51.3 Å². The minimum Gasteiger partial charge on any atom is -0.369 e. The van der Waals surface area contributed by atoms with Crippen molar-refractivity contribution in [1.82, 2.24) is 14.5 Å². The average molecular weight is 342 g/mol. The molecule has 0 unspecified atom stereocenters. The van der Waals surface area contributed by atoms with Crippen LogP contribution in [0.15, 0.2) is 18.2 Å². The Labute approximate surface area is 148 Å². The molecule has 2 N–H and O–H groups in total. The number of aromatic nitrogens is 2. The second kappa shape index (κ2) is 6.86. The van der Waals surface area contributed by atoms with Crippen LogP contribution in [-0.4, -0.2) is 39.4 Å². The number of piperidine rings is 1. The maximum Gasteiger partial charge on any atom is 0.226 e. The fraction of sp³-hybridized carbons (Fsp3) is 0.526. The molecule has 2 amide bonds. The predicted molar refractivity (Wildman–Crippen MR) is 97.1 cm³/mol. The smallest absolute Gasteiger partial charge is 0.226 e. The van der Waals surface area contributed by atoms with Crippen LogP contribution < -0.4 is 5.73 Å². The largest absolute Gasteiger partial charge is 0.369 e. The molecule has 0 aliphatic carbocycles. The highest BCUT2D eigenvalue weighted by molar-refractivity contribution is 5.83. The minimum atomic E-state index is -0.256. The van der Waals surface area contributed by atoms with Gasteiger partial charge in [-0.25, -0.2) is 4.98 Å². The van der Waals surface area contributed by atoms with Crippen LogP contribution in [0.5, 0.6) is 0 Å². The third kappa shape index (κ3) is 3.52. The molecule has 1 aromatic heterocycles. The van der Waals surface area contributed by atoms with E-state index in [0.29, 0.717) is 38.4 Å². The SMILES string of the molecule is Cc1nc2cc(CC(=O)N3CCC(C(N)=O)CC3)ccc2n1C(C)C. The van der Waals surface area contributed by atoms with Gasteiger partial charge in [0.15, 0.2) is 0 Å². The molecule has 0 atom stereocenters. The molecule has 1 aliphatic heterocycles. The van der Waals surface area contributed by atoms with E-state index in [9.17, 15) is 9.59 Å². The molecular formula is C19H26N4O2. The molecule has 1 fully saturated rings. The molecule has 0 bridgehead atoms. The van der Waals surface area contributed by atoms with Gasteiger partial charge in [-0.3, -0.25) is 9.59 Å². The van der Waals surface area contributed by atoms with Gasteiger partial charge in [-0.15, -0.1) is 0 Å². The highest BCUT2D eigenvalue weighted by Crippen LogP contribution is 2.23. The predicted octanol–water partition coefficient (Wildman–Crippen LogP) is 2.19. The number of hydrogen-bond acceptors (Lipinski definition) is 3. The summed E-state index contributed by atoms with van der Waals surface area (Å²) in [4.78, 5) is 30.2. The van der Waals surface area contributed by atoms with E-state index < -0.39 is 0 Å². The fourth-order valence-electron chi connectivity index (χ4n) is 3.73. The van der Waals surface area contributed by atoms with E-state index in [0.717, 1.165) is 22.4 Å². The van der Waals surface area contributed by atoms with Gasteiger partial charge >= 0.3 is 0 Å². The zero-order chi connectivity index (χ0) is 18.1. The summed E-state index contributed by atoms with van der Waals surface area (Å²) in [5.41, 5.74) is 8.36. The highest BCUT2D eigenvalue weighted by Gasteiger charge is 2.25. The van der Waals surface area contributed by atoms with Crippen molar-refractivity contribution in [1.29, 1.82) is 0 Å². The number of likely N-dealkylation sites (tertiary alicyclic amines) is 1. The number of benzene rings is 1. The quantitative estimate of drug-likeness (QED) is 0.925. The number of fused-ring (bicyclic) bond motifs is 1. The molecular weight excluding hydrogens is 316 g/mol. The molecule has 134 valence electrons. The van der Waals surface area contributed by atoms with Crippen molar-refractivity contribution >= 4 is 22.8 Å². The van der Waals surface area contributed by atoms with Crippen LogP contribution in [0.3, 0.4) is 0 Å². The number of aryl methyl sites for hydroxylation is 1. The van der Waals surface area contributed by atoms with Crippen molar-refractivity contribution in [2.75, 3.05) is 13.1 Å². The second-order valence-electron chi connectivity index (χ2n) is 7.18. The fourth-order valence-corrected chi connectivity index (χ4v) is 3.73. The first-order valence-electron chi connectivity index (χ1n) is 8.91. The number of hydrogen-bond donors (Lipinski definition) is 1. The number of primary amides is 1. The summed E-state index contributed by atoms with van der Waals surface area (Å²) in [5.74, 6) is 0.737. The van der Waals surface area contributed by atoms with Gasteiger partial charge < -0.3 is 15.2 Å². The van der Waals surface area contributed by atoms with Crippen molar-refractivity contribution in [3.05, 3.63) is 29.6 Å². The average Bonchev–Trinajstić information content (AvgIpc) is 2.90. The molecule has 6 nitrogen and oxygen atoms in total. The van der Waals surface area contributed by atoms with Crippen LogP contribution in [0.1, 0.15) is 44.1 Å². The number of amides is 2. The number of carbonyl (C=O) groups is 2. The Bertz CT molecular complexity index is 801. The maximum atomic E-state index is 12.5. The number of carbonyl (C=O) groups excluding carboxylic acids is 2. The Kier molecular flexibility index (Phi) is 4.79. The summed E-state index contributed by atoms with van der Waals surface area (Å²) in [5, 5.41) is 0. The molecule has 2 aromatic rings. The van der Waals surface area contributed by atoms with Crippen LogP contribution in [0.4, 0.5) is 0 Å². The van der Waals surface area contributed by atoms with Gasteiger partial charge in [0.1, 0.15) is 5.82 Å². The van der Waals surface area contributed by atoms with Crippen molar-refractivity contribution in [2.24, 2.45) is 11.7 Å². The molecule has 0 saturated carbocycles. The molecule has 1 aromatic carbocycles. The monoisotopic (exact) mass is 342 g/mol. The van der Waals surface area contributed by atoms with Gasteiger partial charge in [0.2, 0.25) is 11.8 Å². The van der Waals surface area contributed by atoms with Crippen LogP contribution in [-0.2, 0) is 16.0 Å². The van der Waals surface area contributed by atoms with Gasteiger partial charge in [0, 0.05) is 25.0 Å². The number of imidazole rings is 1. The van der Waals surface area contributed by atoms with Crippen molar-refractivity contribution in [3.8, 4) is 0 Å². The Morgan fingerprint density at radius 1 is 1.28 bits per heavy atom. The number of nitrogens with two attached hydrogens (primary N) is 1. The lowest BCUT2D eigenvalue weighted by atomic mass is 9.96. The summed E-state index contributed by atoms with van der Waals surface area (Å²) in [7, 11) is 0. The number of nitrogens with zero attached hydrogens (tertiary/aromatic N) is 3. The van der Waals surface area contributed by atoms with Crippen molar-refractivity contribution in [2.45, 2.75) is 46.1 Å². The maximum absolute atomic E-state index is 12.5. The summed E-state index contributed by atoms with van der Waals surface area (Å²) in [6, 6.07) is 6.42. The van der Waals surface area contributed by atoms with Crippen LogP contribution >= 0.6 is 0 Å². The van der Waals surface area contributed by atoms with Gasteiger partial charge in [0.05, 0.1) is 17.5 Å². The van der Waals surface area contributed by atoms with Crippen LogP contribution in [0, 0.1) is 12.8 Å². The topological polar surface area (TPSA) is 81.2 Å². The molecule has 25 heavy (non-hydrogen) atoms. The zero-order valence-corrected chi connectivity index (χ0v) is 15.2. The molecule has 0 spiro atoms. The van der Waals surface area contributed by atoms with E-state index >= 15 is 0 Å². The first-order valence-corrected chi connectivity index (χ1v) is 8.91. The summed E-state index contributed by atoms with van der Waals surface area (Å²) >= 11 is 0. The Morgan fingerprint density at radius 3 is 2.56 bits per heavy atom. The first kappa shape index (κ1) is 17.5. The van der Waals surface area contributed by atoms with Gasteiger partial charge in [-0.2, -0.15) is 0 Å². The van der Waals surface area contributed by atoms with E-state index in [2.05, 4.69) is 29.5 Å². The normalized spacial score (nSPS) is 15.9.